The molecule has 0 radical (unpaired) electrons. The number of hydrogen-bond donors (Lipinski definition) is 2. The van der Waals surface area contributed by atoms with Gasteiger partial charge in [0.2, 0.25) is 0 Å². The van der Waals surface area contributed by atoms with Gasteiger partial charge >= 0.3 is 0 Å². The normalized spacial score (nSPS) is 13.4. The Morgan fingerprint density at radius 2 is 2.20 bits per heavy atom. The Morgan fingerprint density at radius 1 is 1.47 bits per heavy atom. The topological polar surface area (TPSA) is 49.9 Å². The number of methoxy groups -OCH3 is 1. The Morgan fingerprint density at radius 3 is 2.80 bits per heavy atom. The molecule has 1 heterocycles. The maximum absolute atomic E-state index is 5.18. The highest BCUT2D eigenvalue weighted by Crippen LogP contribution is 2.11. The second kappa shape index (κ2) is 5.88. The quantitative estimate of drug-likeness (QED) is 0.755. The van der Waals surface area contributed by atoms with Gasteiger partial charge in [-0.05, 0) is 19.4 Å². The molecule has 0 aliphatic carbocycles. The third-order valence-corrected chi connectivity index (χ3v) is 2.25. The van der Waals surface area contributed by atoms with Gasteiger partial charge in [0.1, 0.15) is 11.9 Å². The van der Waals surface area contributed by atoms with Gasteiger partial charge in [0.15, 0.2) is 0 Å². The molecule has 1 aromatic heterocycles. The van der Waals surface area contributed by atoms with Crippen LogP contribution in [0.4, 0.5) is 0 Å². The van der Waals surface area contributed by atoms with Crippen molar-refractivity contribution in [2.75, 3.05) is 13.7 Å². The highest BCUT2D eigenvalue weighted by molar-refractivity contribution is 5.02. The lowest BCUT2D eigenvalue weighted by Crippen LogP contribution is -2.19. The lowest BCUT2D eigenvalue weighted by molar-refractivity contribution is 0.112. The van der Waals surface area contributed by atoms with Gasteiger partial charge in [-0.25, -0.2) is 4.98 Å². The molecule has 0 aliphatic rings. The number of rotatable bonds is 6. The van der Waals surface area contributed by atoms with Gasteiger partial charge < -0.3 is 15.0 Å². The Kier molecular flexibility index (Phi) is 4.78. The van der Waals surface area contributed by atoms with Crippen molar-refractivity contribution >= 4 is 0 Å². The van der Waals surface area contributed by atoms with Crippen LogP contribution in [0.3, 0.4) is 0 Å². The van der Waals surface area contributed by atoms with Crippen LogP contribution in [0, 0.1) is 5.92 Å². The molecule has 15 heavy (non-hydrogen) atoms. The molecule has 1 unspecified atom stereocenters. The van der Waals surface area contributed by atoms with E-state index in [4.69, 9.17) is 4.74 Å². The molecular weight excluding hydrogens is 190 g/mol. The van der Waals surface area contributed by atoms with Crippen LogP contribution < -0.4 is 5.32 Å². The molecule has 0 amide bonds. The first kappa shape index (κ1) is 12.2. The minimum absolute atomic E-state index is 0.0313. The summed E-state index contributed by atoms with van der Waals surface area (Å²) in [6.45, 7) is 8.22. The van der Waals surface area contributed by atoms with Crippen molar-refractivity contribution in [3.63, 3.8) is 0 Å². The molecule has 0 bridgehead atoms. The van der Waals surface area contributed by atoms with E-state index in [1.54, 1.807) is 7.11 Å². The Bertz CT molecular complexity index is 283. The van der Waals surface area contributed by atoms with Crippen LogP contribution in [0.25, 0.3) is 0 Å². The first-order valence-corrected chi connectivity index (χ1v) is 5.40. The van der Waals surface area contributed by atoms with Crippen LogP contribution in [0.1, 0.15) is 38.4 Å². The molecule has 0 saturated carbocycles. The molecule has 0 fully saturated rings. The van der Waals surface area contributed by atoms with E-state index in [-0.39, 0.29) is 6.10 Å². The second-order valence-electron chi connectivity index (χ2n) is 4.20. The summed E-state index contributed by atoms with van der Waals surface area (Å²) in [5.74, 6) is 1.56. The van der Waals surface area contributed by atoms with Crippen molar-refractivity contribution in [3.05, 3.63) is 17.7 Å². The fourth-order valence-corrected chi connectivity index (χ4v) is 1.28. The molecule has 0 aliphatic heterocycles. The fourth-order valence-electron chi connectivity index (χ4n) is 1.28. The molecule has 1 rings (SSSR count). The minimum atomic E-state index is 0.0313. The van der Waals surface area contributed by atoms with Crippen molar-refractivity contribution in [2.24, 2.45) is 5.92 Å². The number of hydrogen-bond acceptors (Lipinski definition) is 3. The lowest BCUT2D eigenvalue weighted by Gasteiger charge is -2.06. The summed E-state index contributed by atoms with van der Waals surface area (Å²) in [7, 11) is 1.68. The summed E-state index contributed by atoms with van der Waals surface area (Å²) in [6.07, 6.45) is 1.89. The number of nitrogens with zero attached hydrogens (tertiary/aromatic N) is 1. The SMILES string of the molecule is COC(C)c1ncc(CNCC(C)C)[nH]1. The van der Waals surface area contributed by atoms with Crippen molar-refractivity contribution in [1.29, 1.82) is 0 Å². The molecule has 0 spiro atoms. The van der Waals surface area contributed by atoms with Crippen molar-refractivity contribution in [2.45, 2.75) is 33.4 Å². The van der Waals surface area contributed by atoms with Crippen LogP contribution in [0.15, 0.2) is 6.20 Å². The summed E-state index contributed by atoms with van der Waals surface area (Å²) in [5, 5.41) is 3.36. The first-order valence-electron chi connectivity index (χ1n) is 5.40. The zero-order valence-electron chi connectivity index (χ0n) is 10.0. The first-order chi connectivity index (χ1) is 7.13. The second-order valence-corrected chi connectivity index (χ2v) is 4.20. The highest BCUT2D eigenvalue weighted by Gasteiger charge is 2.07. The smallest absolute Gasteiger partial charge is 0.135 e. The van der Waals surface area contributed by atoms with E-state index in [1.807, 2.05) is 13.1 Å². The summed E-state index contributed by atoms with van der Waals surface area (Å²) >= 11 is 0. The van der Waals surface area contributed by atoms with E-state index in [1.165, 1.54) is 0 Å². The Hall–Kier alpha value is -0.870. The number of imidazole rings is 1. The predicted molar refractivity (Wildman–Crippen MR) is 60.6 cm³/mol. The Balaban J connectivity index is 2.39. The molecule has 1 atom stereocenters. The molecule has 1 aromatic rings. The molecule has 4 heteroatoms. The number of H-pyrrole nitrogens is 1. The van der Waals surface area contributed by atoms with E-state index < -0.39 is 0 Å². The van der Waals surface area contributed by atoms with Gasteiger partial charge in [0, 0.05) is 25.5 Å². The van der Waals surface area contributed by atoms with Crippen LogP contribution in [0.5, 0.6) is 0 Å². The fraction of sp³-hybridized carbons (Fsp3) is 0.727. The maximum atomic E-state index is 5.18. The van der Waals surface area contributed by atoms with Crippen LogP contribution in [-0.4, -0.2) is 23.6 Å². The molecule has 4 nitrogen and oxygen atoms in total. The standard InChI is InChI=1S/C11H21N3O/c1-8(2)5-12-6-10-7-13-11(14-10)9(3)15-4/h7-9,12H,5-6H2,1-4H3,(H,13,14). The molecular formula is C11H21N3O. The van der Waals surface area contributed by atoms with E-state index in [0.29, 0.717) is 5.92 Å². The van der Waals surface area contributed by atoms with Crippen LogP contribution in [0.2, 0.25) is 0 Å². The van der Waals surface area contributed by atoms with Crippen molar-refractivity contribution < 1.29 is 4.74 Å². The minimum Gasteiger partial charge on any atom is -0.374 e. The zero-order chi connectivity index (χ0) is 11.3. The van der Waals surface area contributed by atoms with Crippen molar-refractivity contribution in [1.82, 2.24) is 15.3 Å². The molecule has 0 aromatic carbocycles. The van der Waals surface area contributed by atoms with E-state index in [0.717, 1.165) is 24.6 Å². The number of aromatic nitrogens is 2. The molecule has 2 N–H and O–H groups in total. The Labute approximate surface area is 91.4 Å². The highest BCUT2D eigenvalue weighted by atomic mass is 16.5. The summed E-state index contributed by atoms with van der Waals surface area (Å²) < 4.78 is 5.18. The number of nitrogens with one attached hydrogen (secondary N) is 2. The van der Waals surface area contributed by atoms with Crippen LogP contribution in [-0.2, 0) is 11.3 Å². The maximum Gasteiger partial charge on any atom is 0.135 e. The van der Waals surface area contributed by atoms with Gasteiger partial charge in [-0.2, -0.15) is 0 Å². The van der Waals surface area contributed by atoms with E-state index in [9.17, 15) is 0 Å². The summed E-state index contributed by atoms with van der Waals surface area (Å²) in [6, 6.07) is 0. The van der Waals surface area contributed by atoms with E-state index >= 15 is 0 Å². The molecule has 0 saturated heterocycles. The molecule has 86 valence electrons. The van der Waals surface area contributed by atoms with Gasteiger partial charge in [0.25, 0.3) is 0 Å². The van der Waals surface area contributed by atoms with Gasteiger partial charge in [-0.1, -0.05) is 13.8 Å². The average molecular weight is 211 g/mol. The average Bonchev–Trinajstić information content (AvgIpc) is 2.65. The summed E-state index contributed by atoms with van der Waals surface area (Å²) in [5.41, 5.74) is 1.11. The van der Waals surface area contributed by atoms with Gasteiger partial charge in [-0.3, -0.25) is 0 Å². The van der Waals surface area contributed by atoms with Crippen LogP contribution >= 0.6 is 0 Å². The number of aromatic amines is 1. The summed E-state index contributed by atoms with van der Waals surface area (Å²) in [4.78, 5) is 7.50. The van der Waals surface area contributed by atoms with Crippen molar-refractivity contribution in [3.8, 4) is 0 Å². The van der Waals surface area contributed by atoms with Gasteiger partial charge in [0.05, 0.1) is 0 Å². The van der Waals surface area contributed by atoms with Gasteiger partial charge in [-0.15, -0.1) is 0 Å². The predicted octanol–water partition coefficient (Wildman–Crippen LogP) is 1.86. The lowest BCUT2D eigenvalue weighted by atomic mass is 10.2. The largest absolute Gasteiger partial charge is 0.374 e. The zero-order valence-corrected chi connectivity index (χ0v) is 10.0. The third-order valence-electron chi connectivity index (χ3n) is 2.25. The van der Waals surface area contributed by atoms with E-state index in [2.05, 4.69) is 29.1 Å². The number of ether oxygens (including phenoxy) is 1. The monoisotopic (exact) mass is 211 g/mol. The third kappa shape index (κ3) is 4.01.